The normalized spacial score (nSPS) is 13.5. The van der Waals surface area contributed by atoms with E-state index in [1.54, 1.807) is 6.92 Å². The molecule has 1 unspecified atom stereocenters. The summed E-state index contributed by atoms with van der Waals surface area (Å²) in [6.45, 7) is 2.32. The van der Waals surface area contributed by atoms with Crippen LogP contribution in [0.25, 0.3) is 0 Å². The van der Waals surface area contributed by atoms with Crippen LogP contribution in [-0.2, 0) is 19.7 Å². The Kier molecular flexibility index (Phi) is 8.05. The molecule has 0 aliphatic carbocycles. The number of carboxylic acid groups (broad SMARTS) is 1. The lowest BCUT2D eigenvalue weighted by atomic mass is 10.1. The van der Waals surface area contributed by atoms with Crippen LogP contribution in [0.1, 0.15) is 19.8 Å². The summed E-state index contributed by atoms with van der Waals surface area (Å²) in [6.07, 6.45) is 0.925. The maximum atomic E-state index is 11.3. The smallest absolute Gasteiger partial charge is 0.306 e. The second-order valence-corrected chi connectivity index (χ2v) is 5.25. The van der Waals surface area contributed by atoms with Crippen molar-refractivity contribution in [3.05, 3.63) is 0 Å². The summed E-state index contributed by atoms with van der Waals surface area (Å²) in [5.41, 5.74) is 0. The molecular weight excluding hydrogens is 248 g/mol. The van der Waals surface area contributed by atoms with Crippen LogP contribution in [0.3, 0.4) is 0 Å². The number of nitrogens with one attached hydrogen (secondary N) is 2. The molecule has 7 nitrogen and oxygen atoms in total. The Bertz CT molecular complexity index is 317. The fourth-order valence-corrected chi connectivity index (χ4v) is 1.93. The number of carbonyl (C=O) groups is 1. The van der Waals surface area contributed by atoms with E-state index in [4.69, 9.17) is 9.84 Å². The highest BCUT2D eigenvalue weighted by Crippen LogP contribution is 2.04. The predicted octanol–water partition coefficient (Wildman–Crippen LogP) is -0.442. The summed E-state index contributed by atoms with van der Waals surface area (Å²) in [5.74, 6) is -1.33. The average molecular weight is 268 g/mol. The standard InChI is InChI=1S/C9H20N2O5S/c1-8(9(12)13)4-3-5-10-17(14,15)11-6-7-16-2/h8,10-11H,3-7H2,1-2H3,(H,12,13). The predicted molar refractivity (Wildman–Crippen MR) is 62.8 cm³/mol. The molecule has 1 atom stereocenters. The number of hydrogen-bond donors (Lipinski definition) is 3. The van der Waals surface area contributed by atoms with Crippen molar-refractivity contribution in [2.75, 3.05) is 26.8 Å². The van der Waals surface area contributed by atoms with Crippen molar-refractivity contribution >= 4 is 16.2 Å². The van der Waals surface area contributed by atoms with E-state index in [2.05, 4.69) is 9.44 Å². The molecule has 0 saturated heterocycles. The molecule has 0 bridgehead atoms. The van der Waals surface area contributed by atoms with Crippen LogP contribution in [-0.4, -0.2) is 46.3 Å². The molecule has 0 heterocycles. The first-order valence-electron chi connectivity index (χ1n) is 5.35. The van der Waals surface area contributed by atoms with Crippen LogP contribution in [0, 0.1) is 5.92 Å². The fraction of sp³-hybridized carbons (Fsp3) is 0.889. The minimum atomic E-state index is -3.50. The Labute approximate surface area is 102 Å². The van der Waals surface area contributed by atoms with Gasteiger partial charge in [-0.3, -0.25) is 4.79 Å². The van der Waals surface area contributed by atoms with Crippen molar-refractivity contribution in [1.82, 2.24) is 9.44 Å². The molecule has 0 fully saturated rings. The second-order valence-electron chi connectivity index (χ2n) is 3.67. The van der Waals surface area contributed by atoms with Crippen molar-refractivity contribution in [3.8, 4) is 0 Å². The van der Waals surface area contributed by atoms with E-state index in [1.165, 1.54) is 7.11 Å². The molecule has 0 radical (unpaired) electrons. The lowest BCUT2D eigenvalue weighted by Gasteiger charge is -2.09. The van der Waals surface area contributed by atoms with E-state index in [1.807, 2.05) is 0 Å². The van der Waals surface area contributed by atoms with Gasteiger partial charge in [0.2, 0.25) is 0 Å². The Morgan fingerprint density at radius 3 is 2.47 bits per heavy atom. The van der Waals surface area contributed by atoms with Gasteiger partial charge in [-0.05, 0) is 12.8 Å². The Balaban J connectivity index is 3.69. The molecule has 0 spiro atoms. The third-order valence-electron chi connectivity index (χ3n) is 2.13. The maximum absolute atomic E-state index is 11.3. The van der Waals surface area contributed by atoms with Gasteiger partial charge >= 0.3 is 5.97 Å². The second kappa shape index (κ2) is 8.40. The van der Waals surface area contributed by atoms with Crippen LogP contribution >= 0.6 is 0 Å². The molecule has 0 saturated carbocycles. The van der Waals surface area contributed by atoms with Gasteiger partial charge in [0.15, 0.2) is 0 Å². The van der Waals surface area contributed by atoms with Crippen molar-refractivity contribution in [3.63, 3.8) is 0 Å². The van der Waals surface area contributed by atoms with Gasteiger partial charge in [-0.2, -0.15) is 13.1 Å². The summed E-state index contributed by atoms with van der Waals surface area (Å²) in [5, 5.41) is 8.62. The van der Waals surface area contributed by atoms with Gasteiger partial charge in [0, 0.05) is 20.2 Å². The summed E-state index contributed by atoms with van der Waals surface area (Å²) in [6, 6.07) is 0. The first kappa shape index (κ1) is 16.3. The third kappa shape index (κ3) is 9.04. The Morgan fingerprint density at radius 1 is 1.35 bits per heavy atom. The van der Waals surface area contributed by atoms with E-state index in [0.29, 0.717) is 19.4 Å². The van der Waals surface area contributed by atoms with E-state index < -0.39 is 22.1 Å². The highest BCUT2D eigenvalue weighted by atomic mass is 32.2. The quantitative estimate of drug-likeness (QED) is 0.466. The van der Waals surface area contributed by atoms with Crippen molar-refractivity contribution in [1.29, 1.82) is 0 Å². The topological polar surface area (TPSA) is 105 Å². The minimum Gasteiger partial charge on any atom is -0.481 e. The Morgan fingerprint density at radius 2 is 1.94 bits per heavy atom. The van der Waals surface area contributed by atoms with Crippen LogP contribution in [0.4, 0.5) is 0 Å². The third-order valence-corrected chi connectivity index (χ3v) is 3.29. The molecular formula is C9H20N2O5S. The summed E-state index contributed by atoms with van der Waals surface area (Å²) >= 11 is 0. The number of rotatable bonds is 10. The number of carboxylic acids is 1. The number of ether oxygens (including phenoxy) is 1. The SMILES string of the molecule is COCCNS(=O)(=O)NCCCC(C)C(=O)O. The molecule has 0 rings (SSSR count). The average Bonchev–Trinajstić information content (AvgIpc) is 2.24. The molecule has 0 aromatic heterocycles. The first-order valence-corrected chi connectivity index (χ1v) is 6.83. The first-order chi connectivity index (χ1) is 7.89. The van der Waals surface area contributed by atoms with Gasteiger partial charge < -0.3 is 9.84 Å². The molecule has 0 aliphatic rings. The van der Waals surface area contributed by atoms with E-state index in [9.17, 15) is 13.2 Å². The number of aliphatic carboxylic acids is 1. The highest BCUT2D eigenvalue weighted by Gasteiger charge is 2.11. The van der Waals surface area contributed by atoms with Gasteiger partial charge in [0.05, 0.1) is 12.5 Å². The van der Waals surface area contributed by atoms with Crippen LogP contribution in [0.5, 0.6) is 0 Å². The number of methoxy groups -OCH3 is 1. The van der Waals surface area contributed by atoms with Crippen LogP contribution < -0.4 is 9.44 Å². The molecule has 102 valence electrons. The zero-order chi connectivity index (χ0) is 13.3. The molecule has 0 aliphatic heterocycles. The van der Waals surface area contributed by atoms with Gasteiger partial charge in [-0.25, -0.2) is 4.72 Å². The van der Waals surface area contributed by atoms with E-state index >= 15 is 0 Å². The molecule has 0 aromatic rings. The summed E-state index contributed by atoms with van der Waals surface area (Å²) < 4.78 is 31.9. The monoisotopic (exact) mass is 268 g/mol. The minimum absolute atomic E-state index is 0.206. The van der Waals surface area contributed by atoms with Gasteiger partial charge in [0.1, 0.15) is 0 Å². The molecule has 8 heteroatoms. The molecule has 0 aromatic carbocycles. The number of hydrogen-bond acceptors (Lipinski definition) is 4. The fourth-order valence-electron chi connectivity index (χ4n) is 1.07. The zero-order valence-corrected chi connectivity index (χ0v) is 10.9. The van der Waals surface area contributed by atoms with Crippen molar-refractivity contribution < 1.29 is 23.1 Å². The maximum Gasteiger partial charge on any atom is 0.306 e. The van der Waals surface area contributed by atoms with Gasteiger partial charge in [0.25, 0.3) is 10.2 Å². The van der Waals surface area contributed by atoms with Gasteiger partial charge in [-0.15, -0.1) is 0 Å². The Hall–Kier alpha value is -0.700. The highest BCUT2D eigenvalue weighted by molar-refractivity contribution is 7.87. The summed E-state index contributed by atoms with van der Waals surface area (Å²) in [7, 11) is -2.02. The molecule has 17 heavy (non-hydrogen) atoms. The van der Waals surface area contributed by atoms with Crippen LogP contribution in [0.15, 0.2) is 0 Å². The van der Waals surface area contributed by atoms with E-state index in [-0.39, 0.29) is 13.1 Å². The molecule has 3 N–H and O–H groups in total. The lowest BCUT2D eigenvalue weighted by molar-refractivity contribution is -0.141. The largest absolute Gasteiger partial charge is 0.481 e. The zero-order valence-electron chi connectivity index (χ0n) is 10.1. The van der Waals surface area contributed by atoms with Crippen molar-refractivity contribution in [2.24, 2.45) is 5.92 Å². The van der Waals surface area contributed by atoms with Crippen molar-refractivity contribution in [2.45, 2.75) is 19.8 Å². The lowest BCUT2D eigenvalue weighted by Crippen LogP contribution is -2.38. The van der Waals surface area contributed by atoms with E-state index in [0.717, 1.165) is 0 Å². The summed E-state index contributed by atoms with van der Waals surface area (Å²) in [4.78, 5) is 10.5. The van der Waals surface area contributed by atoms with Crippen LogP contribution in [0.2, 0.25) is 0 Å². The van der Waals surface area contributed by atoms with Gasteiger partial charge in [-0.1, -0.05) is 6.92 Å². The molecule has 0 amide bonds.